The van der Waals surface area contributed by atoms with Crippen LogP contribution >= 0.6 is 0 Å². The minimum Gasteiger partial charge on any atom is -0.322 e. The molecule has 0 fully saturated rings. The molecule has 0 radical (unpaired) electrons. The summed E-state index contributed by atoms with van der Waals surface area (Å²) in [5.41, 5.74) is 1.35. The number of hydrogen-bond donors (Lipinski definition) is 2. The molecule has 6 nitrogen and oxygen atoms in total. The van der Waals surface area contributed by atoms with Crippen molar-refractivity contribution in [3.05, 3.63) is 66.4 Å². The Kier molecular flexibility index (Phi) is 3.81. The molecule has 2 aromatic carbocycles. The zero-order valence-electron chi connectivity index (χ0n) is 11.8. The van der Waals surface area contributed by atoms with Gasteiger partial charge in [-0.2, -0.15) is 8.42 Å². The van der Waals surface area contributed by atoms with Crippen LogP contribution in [0.1, 0.15) is 10.4 Å². The third-order valence-corrected chi connectivity index (χ3v) is 4.11. The lowest BCUT2D eigenvalue weighted by Crippen LogP contribution is -2.12. The Labute approximate surface area is 132 Å². The van der Waals surface area contributed by atoms with Crippen molar-refractivity contribution in [3.63, 3.8) is 0 Å². The van der Waals surface area contributed by atoms with Gasteiger partial charge in [0.25, 0.3) is 16.0 Å². The molecule has 0 saturated heterocycles. The summed E-state index contributed by atoms with van der Waals surface area (Å²) in [5.74, 6) is -0.398. The van der Waals surface area contributed by atoms with Gasteiger partial charge in [0.1, 0.15) is 0 Å². The number of aromatic nitrogens is 1. The first-order valence-electron chi connectivity index (χ1n) is 6.67. The Balaban J connectivity index is 1.88. The molecule has 2 N–H and O–H groups in total. The van der Waals surface area contributed by atoms with Crippen molar-refractivity contribution in [2.24, 2.45) is 0 Å². The van der Waals surface area contributed by atoms with E-state index in [1.165, 1.54) is 24.3 Å². The summed E-state index contributed by atoms with van der Waals surface area (Å²) in [5, 5.41) is 3.51. The fourth-order valence-corrected chi connectivity index (χ4v) is 2.67. The molecule has 0 saturated carbocycles. The summed E-state index contributed by atoms with van der Waals surface area (Å²) in [7, 11) is -4.32. The minimum absolute atomic E-state index is 0.270. The molecule has 7 heteroatoms. The minimum atomic E-state index is -4.32. The maximum Gasteiger partial charge on any atom is 0.294 e. The first kappa shape index (κ1) is 15.1. The van der Waals surface area contributed by atoms with E-state index < -0.39 is 16.0 Å². The average Bonchev–Trinajstić information content (AvgIpc) is 2.54. The number of anilines is 1. The second-order valence-corrected chi connectivity index (χ2v) is 6.29. The molecule has 3 rings (SSSR count). The number of hydrogen-bond acceptors (Lipinski definition) is 4. The van der Waals surface area contributed by atoms with E-state index in [2.05, 4.69) is 10.3 Å². The zero-order valence-corrected chi connectivity index (χ0v) is 12.6. The highest BCUT2D eigenvalue weighted by atomic mass is 32.2. The first-order valence-corrected chi connectivity index (χ1v) is 8.11. The third kappa shape index (κ3) is 3.36. The van der Waals surface area contributed by atoms with Crippen LogP contribution in [0.2, 0.25) is 0 Å². The molecular formula is C16H12N2O4S. The van der Waals surface area contributed by atoms with Gasteiger partial charge in [-0.1, -0.05) is 18.2 Å². The smallest absolute Gasteiger partial charge is 0.294 e. The Morgan fingerprint density at radius 1 is 1.04 bits per heavy atom. The van der Waals surface area contributed by atoms with Gasteiger partial charge in [-0.25, -0.2) is 0 Å². The van der Waals surface area contributed by atoms with Crippen molar-refractivity contribution < 1.29 is 17.8 Å². The Morgan fingerprint density at radius 2 is 1.87 bits per heavy atom. The lowest BCUT2D eigenvalue weighted by atomic mass is 10.1. The van der Waals surface area contributed by atoms with Crippen LogP contribution in [0.25, 0.3) is 10.9 Å². The molecule has 0 unspecified atom stereocenters. The highest BCUT2D eigenvalue weighted by Crippen LogP contribution is 2.18. The van der Waals surface area contributed by atoms with Gasteiger partial charge >= 0.3 is 0 Å². The summed E-state index contributed by atoms with van der Waals surface area (Å²) in [6.45, 7) is 0. The highest BCUT2D eigenvalue weighted by molar-refractivity contribution is 7.85. The van der Waals surface area contributed by atoms with Gasteiger partial charge in [0.05, 0.1) is 10.4 Å². The normalized spacial score (nSPS) is 11.3. The van der Waals surface area contributed by atoms with Crippen LogP contribution in [0.5, 0.6) is 0 Å². The lowest BCUT2D eigenvalue weighted by molar-refractivity contribution is 0.102. The maximum absolute atomic E-state index is 12.3. The van der Waals surface area contributed by atoms with Gasteiger partial charge in [0, 0.05) is 22.8 Å². The van der Waals surface area contributed by atoms with Crippen LogP contribution in [0, 0.1) is 0 Å². The molecular weight excluding hydrogens is 316 g/mol. The summed E-state index contributed by atoms with van der Waals surface area (Å²) in [4.78, 5) is 16.2. The number of carbonyl (C=O) groups is 1. The Morgan fingerprint density at radius 3 is 2.65 bits per heavy atom. The topological polar surface area (TPSA) is 96.4 Å². The molecule has 0 bridgehead atoms. The molecule has 0 aliphatic heterocycles. The molecule has 1 amide bonds. The fourth-order valence-electron chi connectivity index (χ4n) is 2.15. The van der Waals surface area contributed by atoms with Gasteiger partial charge < -0.3 is 5.32 Å². The summed E-state index contributed by atoms with van der Waals surface area (Å²) >= 11 is 0. The van der Waals surface area contributed by atoms with Crippen LogP contribution in [0.15, 0.2) is 65.7 Å². The molecule has 3 aromatic rings. The largest absolute Gasteiger partial charge is 0.322 e. The molecule has 116 valence electrons. The molecule has 1 heterocycles. The molecule has 0 atom stereocenters. The van der Waals surface area contributed by atoms with Crippen LogP contribution in [-0.2, 0) is 10.1 Å². The first-order chi connectivity index (χ1) is 10.9. The van der Waals surface area contributed by atoms with Crippen LogP contribution in [0.4, 0.5) is 5.69 Å². The number of nitrogens with zero attached hydrogens (tertiary/aromatic N) is 1. The zero-order chi connectivity index (χ0) is 16.4. The van der Waals surface area contributed by atoms with Gasteiger partial charge in [-0.3, -0.25) is 14.3 Å². The molecule has 1 aromatic heterocycles. The van der Waals surface area contributed by atoms with Gasteiger partial charge in [-0.15, -0.1) is 0 Å². The standard InChI is InChI=1S/C16H12N2O4S/c19-16(12-7-6-11-3-2-8-17-15(11)9-12)18-13-4-1-5-14(10-13)23(20,21)22/h1-10H,(H,18,19)(H,20,21,22). The van der Waals surface area contributed by atoms with Crippen molar-refractivity contribution in [1.82, 2.24) is 4.98 Å². The van der Waals surface area contributed by atoms with Crippen LogP contribution in [-0.4, -0.2) is 23.9 Å². The number of benzene rings is 2. The van der Waals surface area contributed by atoms with E-state index in [1.807, 2.05) is 12.1 Å². The van der Waals surface area contributed by atoms with E-state index in [0.29, 0.717) is 11.1 Å². The number of carbonyl (C=O) groups excluding carboxylic acids is 1. The Hall–Kier alpha value is -2.77. The van der Waals surface area contributed by atoms with E-state index in [9.17, 15) is 13.2 Å². The Bertz CT molecular complexity index is 1000. The van der Waals surface area contributed by atoms with Crippen molar-refractivity contribution in [1.29, 1.82) is 0 Å². The number of pyridine rings is 1. The molecule has 0 aliphatic rings. The van der Waals surface area contributed by atoms with Crippen molar-refractivity contribution >= 4 is 32.6 Å². The highest BCUT2D eigenvalue weighted by Gasteiger charge is 2.12. The average molecular weight is 328 g/mol. The van der Waals surface area contributed by atoms with Crippen molar-refractivity contribution in [2.45, 2.75) is 4.90 Å². The number of nitrogens with one attached hydrogen (secondary N) is 1. The van der Waals surface area contributed by atoms with E-state index in [4.69, 9.17) is 4.55 Å². The predicted molar refractivity (Wildman–Crippen MR) is 86.0 cm³/mol. The maximum atomic E-state index is 12.3. The second-order valence-electron chi connectivity index (χ2n) is 4.87. The van der Waals surface area contributed by atoms with E-state index >= 15 is 0 Å². The lowest BCUT2D eigenvalue weighted by Gasteiger charge is -2.07. The quantitative estimate of drug-likeness (QED) is 0.721. The molecule has 0 aliphatic carbocycles. The SMILES string of the molecule is O=C(Nc1cccc(S(=O)(=O)O)c1)c1ccc2cccnc2c1. The van der Waals surface area contributed by atoms with Crippen LogP contribution < -0.4 is 5.32 Å². The molecule has 0 spiro atoms. The number of fused-ring (bicyclic) bond motifs is 1. The van der Waals surface area contributed by atoms with Crippen LogP contribution in [0.3, 0.4) is 0 Å². The van der Waals surface area contributed by atoms with E-state index in [0.717, 1.165) is 5.39 Å². The van der Waals surface area contributed by atoms with E-state index in [1.54, 1.807) is 24.4 Å². The summed E-state index contributed by atoms with van der Waals surface area (Å²) in [6.07, 6.45) is 1.64. The van der Waals surface area contributed by atoms with Crippen molar-refractivity contribution in [2.75, 3.05) is 5.32 Å². The molecule has 23 heavy (non-hydrogen) atoms. The van der Waals surface area contributed by atoms with Gasteiger partial charge in [0.2, 0.25) is 0 Å². The summed E-state index contributed by atoms with van der Waals surface area (Å²) < 4.78 is 31.3. The third-order valence-electron chi connectivity index (χ3n) is 3.26. The predicted octanol–water partition coefficient (Wildman–Crippen LogP) is 2.73. The van der Waals surface area contributed by atoms with Crippen molar-refractivity contribution in [3.8, 4) is 0 Å². The number of rotatable bonds is 3. The fraction of sp³-hybridized carbons (Fsp3) is 0. The van der Waals surface area contributed by atoms with E-state index in [-0.39, 0.29) is 10.6 Å². The van der Waals surface area contributed by atoms with Gasteiger partial charge in [0.15, 0.2) is 0 Å². The summed E-state index contributed by atoms with van der Waals surface area (Å²) in [6, 6.07) is 14.2. The van der Waals surface area contributed by atoms with Gasteiger partial charge in [-0.05, 0) is 36.4 Å². The number of amides is 1. The monoisotopic (exact) mass is 328 g/mol. The second kappa shape index (κ2) is 5.79.